The van der Waals surface area contributed by atoms with E-state index < -0.39 is 12.2 Å². The van der Waals surface area contributed by atoms with Crippen molar-refractivity contribution in [3.8, 4) is 33.9 Å². The third-order valence-electron chi connectivity index (χ3n) is 7.15. The highest BCUT2D eigenvalue weighted by molar-refractivity contribution is 5.70. The molecule has 242 valence electrons. The average Bonchev–Trinajstić information content (AvgIpc) is 3.09. The fourth-order valence-corrected chi connectivity index (χ4v) is 4.48. The van der Waals surface area contributed by atoms with Crippen LogP contribution >= 0.6 is 0 Å². The van der Waals surface area contributed by atoms with Crippen molar-refractivity contribution in [2.45, 2.75) is 63.6 Å². The van der Waals surface area contributed by atoms with Crippen molar-refractivity contribution in [2.75, 3.05) is 13.2 Å². The third-order valence-corrected chi connectivity index (χ3v) is 7.15. The van der Waals surface area contributed by atoms with Crippen molar-refractivity contribution in [1.82, 2.24) is 4.98 Å². The zero-order valence-corrected chi connectivity index (χ0v) is 26.6. The molecule has 3 aromatic rings. The van der Waals surface area contributed by atoms with E-state index in [2.05, 4.69) is 37.4 Å². The summed E-state index contributed by atoms with van der Waals surface area (Å²) in [6.07, 6.45) is 12.9. The predicted molar refractivity (Wildman–Crippen MR) is 184 cm³/mol. The largest absolute Gasteiger partial charge is 0.494 e. The summed E-state index contributed by atoms with van der Waals surface area (Å²) in [4.78, 5) is 28.3. The highest BCUT2D eigenvalue weighted by Gasteiger charge is 2.09. The van der Waals surface area contributed by atoms with Gasteiger partial charge in [-0.3, -0.25) is 14.6 Å². The smallest absolute Gasteiger partial charge is 0.306 e. The van der Waals surface area contributed by atoms with E-state index in [1.165, 1.54) is 0 Å². The van der Waals surface area contributed by atoms with Crippen LogP contribution in [0.15, 0.2) is 117 Å². The highest BCUT2D eigenvalue weighted by atomic mass is 16.5. The number of esters is 2. The first kappa shape index (κ1) is 35.6. The summed E-state index contributed by atoms with van der Waals surface area (Å²) in [5, 5.41) is 0. The van der Waals surface area contributed by atoms with Crippen LogP contribution in [-0.4, -0.2) is 42.3 Å². The molecule has 0 aliphatic rings. The number of ether oxygens (including phenoxy) is 4. The topological polar surface area (TPSA) is 84.0 Å². The molecule has 0 unspecified atom stereocenters. The molecule has 0 fully saturated rings. The van der Waals surface area contributed by atoms with Gasteiger partial charge in [-0.25, -0.2) is 0 Å². The maximum Gasteiger partial charge on any atom is 0.306 e. The molecule has 1 heterocycles. The molecule has 0 aliphatic heterocycles. The van der Waals surface area contributed by atoms with Gasteiger partial charge in [0.15, 0.2) is 0 Å². The lowest BCUT2D eigenvalue weighted by atomic mass is 10.1. The molecule has 0 saturated carbocycles. The Kier molecular flexibility index (Phi) is 15.6. The molecule has 0 N–H and O–H groups in total. The van der Waals surface area contributed by atoms with Crippen LogP contribution in [0.25, 0.3) is 22.4 Å². The fraction of sp³-hybridized carbons (Fsp3) is 0.308. The van der Waals surface area contributed by atoms with Gasteiger partial charge in [-0.1, -0.05) is 44.5 Å². The Morgan fingerprint density at radius 3 is 1.41 bits per heavy atom. The first-order valence-corrected chi connectivity index (χ1v) is 15.8. The number of pyridine rings is 1. The summed E-state index contributed by atoms with van der Waals surface area (Å²) in [6.45, 7) is 15.6. The van der Waals surface area contributed by atoms with Crippen LogP contribution in [0.4, 0.5) is 0 Å². The van der Waals surface area contributed by atoms with Gasteiger partial charge >= 0.3 is 11.9 Å². The van der Waals surface area contributed by atoms with E-state index in [0.29, 0.717) is 26.1 Å². The normalized spacial score (nSPS) is 10.7. The van der Waals surface area contributed by atoms with Crippen LogP contribution in [0, 0.1) is 0 Å². The molecule has 3 rings (SSSR count). The van der Waals surface area contributed by atoms with Crippen molar-refractivity contribution >= 4 is 11.9 Å². The number of hydrogen-bond acceptors (Lipinski definition) is 7. The Labute approximate surface area is 273 Å². The van der Waals surface area contributed by atoms with Crippen molar-refractivity contribution in [3.63, 3.8) is 0 Å². The molecular weight excluding hydrogens is 578 g/mol. The van der Waals surface area contributed by atoms with E-state index in [4.69, 9.17) is 18.9 Å². The Hall–Kier alpha value is -4.91. The van der Waals surface area contributed by atoms with E-state index >= 15 is 0 Å². The second-order valence-corrected chi connectivity index (χ2v) is 10.7. The van der Waals surface area contributed by atoms with Gasteiger partial charge in [0.05, 0.1) is 18.9 Å². The van der Waals surface area contributed by atoms with Gasteiger partial charge in [-0.05, 0) is 111 Å². The molecule has 0 saturated heterocycles. The van der Waals surface area contributed by atoms with Gasteiger partial charge in [0.25, 0.3) is 0 Å². The zero-order chi connectivity index (χ0) is 33.0. The van der Waals surface area contributed by atoms with Crippen LogP contribution in [0.3, 0.4) is 0 Å². The number of aromatic nitrogens is 1. The predicted octanol–water partition coefficient (Wildman–Crippen LogP) is 8.86. The van der Waals surface area contributed by atoms with E-state index in [9.17, 15) is 9.59 Å². The minimum absolute atomic E-state index is 0.240. The zero-order valence-electron chi connectivity index (χ0n) is 26.6. The molecule has 7 nitrogen and oxygen atoms in total. The number of carbonyl (C=O) groups excluding carboxylic acids is 2. The lowest BCUT2D eigenvalue weighted by Gasteiger charge is -2.10. The summed E-state index contributed by atoms with van der Waals surface area (Å²) in [5.74, 6) is 1.12. The first-order valence-electron chi connectivity index (χ1n) is 15.8. The highest BCUT2D eigenvalue weighted by Crippen LogP contribution is 2.26. The van der Waals surface area contributed by atoms with Gasteiger partial charge in [-0.15, -0.1) is 0 Å². The second-order valence-electron chi connectivity index (χ2n) is 10.7. The number of nitrogens with zero attached hydrogens (tertiary/aromatic N) is 1. The third kappa shape index (κ3) is 12.6. The molecule has 0 bridgehead atoms. The lowest BCUT2D eigenvalue weighted by molar-refractivity contribution is -0.146. The van der Waals surface area contributed by atoms with E-state index in [-0.39, 0.29) is 11.9 Å². The number of unbranched alkanes of at least 4 members (excludes halogenated alkanes) is 4. The maximum absolute atomic E-state index is 11.8. The molecule has 0 radical (unpaired) electrons. The summed E-state index contributed by atoms with van der Waals surface area (Å²) in [6, 6.07) is 19.9. The summed E-state index contributed by atoms with van der Waals surface area (Å²) in [7, 11) is 0. The Morgan fingerprint density at radius 1 is 0.565 bits per heavy atom. The van der Waals surface area contributed by atoms with Crippen LogP contribution in [0.1, 0.15) is 51.4 Å². The van der Waals surface area contributed by atoms with Crippen molar-refractivity contribution in [1.29, 1.82) is 0 Å². The summed E-state index contributed by atoms with van der Waals surface area (Å²) >= 11 is 0. The molecule has 0 spiro atoms. The molecular formula is C39H45NO6. The molecule has 46 heavy (non-hydrogen) atoms. The Morgan fingerprint density at radius 2 is 1.00 bits per heavy atom. The van der Waals surface area contributed by atoms with E-state index in [0.717, 1.165) is 72.4 Å². The van der Waals surface area contributed by atoms with Gasteiger partial charge in [0, 0.05) is 30.2 Å². The fourth-order valence-electron chi connectivity index (χ4n) is 4.48. The lowest BCUT2D eigenvalue weighted by Crippen LogP contribution is -2.13. The first-order chi connectivity index (χ1) is 22.4. The summed E-state index contributed by atoms with van der Waals surface area (Å²) < 4.78 is 22.2. The van der Waals surface area contributed by atoms with Gasteiger partial charge in [0.1, 0.15) is 23.7 Å². The summed E-state index contributed by atoms with van der Waals surface area (Å²) in [5.41, 5.74) is 3.97. The number of rotatable bonds is 22. The van der Waals surface area contributed by atoms with E-state index in [1.54, 1.807) is 24.3 Å². The minimum Gasteiger partial charge on any atom is -0.494 e. The van der Waals surface area contributed by atoms with Crippen molar-refractivity contribution in [3.05, 3.63) is 117 Å². The number of hydrogen-bond donors (Lipinski definition) is 0. The van der Waals surface area contributed by atoms with Crippen molar-refractivity contribution < 1.29 is 28.5 Å². The standard InChI is InChI=1S/C39H45NO6/c1-5-33(6-2)45-38(41)15-11-9-13-27-43-35-22-17-30(18-23-35)32-21-26-37(40-29-32)31-19-24-36(25-20-31)44-28-14-10-12-16-39(42)46-34(7-3)8-4/h5-8,17-26,29,33-34H,1-4,9-16,27-28H2. The molecule has 0 aliphatic carbocycles. The van der Waals surface area contributed by atoms with Crippen LogP contribution in [0.2, 0.25) is 0 Å². The molecule has 0 amide bonds. The number of benzene rings is 2. The molecule has 1 aromatic heterocycles. The molecule has 2 aromatic carbocycles. The Bertz CT molecular complexity index is 1270. The van der Waals surface area contributed by atoms with Crippen LogP contribution < -0.4 is 9.47 Å². The Balaban J connectivity index is 1.34. The SMILES string of the molecule is C=CC(C=C)OC(=O)CCCCCOc1ccc(-c2ccc(-c3ccc(OCCCCCC(=O)OC(C=C)C=C)cc3)nc2)cc1. The monoisotopic (exact) mass is 623 g/mol. The van der Waals surface area contributed by atoms with Gasteiger partial charge in [0.2, 0.25) is 0 Å². The van der Waals surface area contributed by atoms with E-state index in [1.807, 2.05) is 60.8 Å². The molecule has 0 atom stereocenters. The second kappa shape index (κ2) is 20.2. The van der Waals surface area contributed by atoms with Crippen LogP contribution in [0.5, 0.6) is 11.5 Å². The quantitative estimate of drug-likeness (QED) is 0.0628. The average molecular weight is 624 g/mol. The minimum atomic E-state index is -0.431. The van der Waals surface area contributed by atoms with Crippen LogP contribution in [-0.2, 0) is 19.1 Å². The van der Waals surface area contributed by atoms with Crippen molar-refractivity contribution in [2.24, 2.45) is 0 Å². The number of carbonyl (C=O) groups is 2. The van der Waals surface area contributed by atoms with Gasteiger partial charge in [-0.2, -0.15) is 0 Å². The maximum atomic E-state index is 11.8. The van der Waals surface area contributed by atoms with Gasteiger partial charge < -0.3 is 18.9 Å². The molecule has 7 heteroatoms.